The first-order valence-electron chi connectivity index (χ1n) is 12.4. The van der Waals surface area contributed by atoms with Crippen molar-refractivity contribution in [3.8, 4) is 0 Å². The fourth-order valence-corrected chi connectivity index (χ4v) is 5.12. The Morgan fingerprint density at radius 2 is 1.70 bits per heavy atom. The van der Waals surface area contributed by atoms with Crippen molar-refractivity contribution in [2.24, 2.45) is 0 Å². The van der Waals surface area contributed by atoms with Gasteiger partial charge in [0.25, 0.3) is 0 Å². The maximum absolute atomic E-state index is 13.4. The van der Waals surface area contributed by atoms with Crippen molar-refractivity contribution in [1.82, 2.24) is 10.2 Å². The van der Waals surface area contributed by atoms with Crippen molar-refractivity contribution in [2.75, 3.05) is 23.7 Å². The van der Waals surface area contributed by atoms with Crippen LogP contribution in [0.3, 0.4) is 0 Å². The topological polar surface area (TPSA) is 86.8 Å². The highest BCUT2D eigenvalue weighted by molar-refractivity contribution is 7.92. The van der Waals surface area contributed by atoms with Crippen molar-refractivity contribution < 1.29 is 18.0 Å². The summed E-state index contributed by atoms with van der Waals surface area (Å²) >= 11 is 12.2. The standard InChI is InChI=1S/C27H37Cl2N3O4S/c1-6-7-14-30-27(34)21(4)31(18-22-11-13-24(28)25(29)17-22)26(33)9-8-15-32(37(5,35)36)23-12-10-19(2)20(3)16-23/h10-13,16-17,21H,6-9,14-15,18H2,1-5H3,(H,30,34)/t21-/m0/s1. The number of anilines is 1. The van der Waals surface area contributed by atoms with Crippen LogP contribution in [-0.4, -0.2) is 50.5 Å². The molecule has 10 heteroatoms. The van der Waals surface area contributed by atoms with Gasteiger partial charge in [-0.2, -0.15) is 0 Å². The molecule has 1 N–H and O–H groups in total. The number of hydrogen-bond donors (Lipinski definition) is 1. The number of carbonyl (C=O) groups is 2. The average molecular weight is 571 g/mol. The van der Waals surface area contributed by atoms with Gasteiger partial charge in [0.15, 0.2) is 0 Å². The third-order valence-corrected chi connectivity index (χ3v) is 8.20. The first-order chi connectivity index (χ1) is 17.3. The normalized spacial score (nSPS) is 12.2. The Kier molecular flexibility index (Phi) is 11.7. The number of rotatable bonds is 13. The summed E-state index contributed by atoms with van der Waals surface area (Å²) in [7, 11) is -3.55. The van der Waals surface area contributed by atoms with Crippen LogP contribution in [0.5, 0.6) is 0 Å². The van der Waals surface area contributed by atoms with Crippen LogP contribution < -0.4 is 9.62 Å². The molecule has 204 valence electrons. The van der Waals surface area contributed by atoms with Crippen molar-refractivity contribution in [3.63, 3.8) is 0 Å². The zero-order chi connectivity index (χ0) is 27.8. The third kappa shape index (κ3) is 9.20. The summed E-state index contributed by atoms with van der Waals surface area (Å²) in [6.07, 6.45) is 3.31. The average Bonchev–Trinajstić information content (AvgIpc) is 2.83. The molecule has 0 saturated carbocycles. The molecular weight excluding hydrogens is 533 g/mol. The molecule has 0 spiro atoms. The van der Waals surface area contributed by atoms with Crippen LogP contribution in [-0.2, 0) is 26.2 Å². The van der Waals surface area contributed by atoms with Gasteiger partial charge in [0, 0.05) is 26.1 Å². The van der Waals surface area contributed by atoms with Crippen LogP contribution in [0, 0.1) is 13.8 Å². The SMILES string of the molecule is CCCCNC(=O)[C@H](C)N(Cc1ccc(Cl)c(Cl)c1)C(=O)CCCN(c1ccc(C)c(C)c1)S(C)(=O)=O. The van der Waals surface area contributed by atoms with Crippen LogP contribution >= 0.6 is 23.2 Å². The lowest BCUT2D eigenvalue weighted by Gasteiger charge is -2.29. The summed E-state index contributed by atoms with van der Waals surface area (Å²) in [4.78, 5) is 27.7. The molecule has 0 aliphatic heterocycles. The van der Waals surface area contributed by atoms with Gasteiger partial charge in [-0.3, -0.25) is 13.9 Å². The minimum atomic E-state index is -3.55. The van der Waals surface area contributed by atoms with E-state index in [2.05, 4.69) is 5.32 Å². The first-order valence-corrected chi connectivity index (χ1v) is 15.0. The van der Waals surface area contributed by atoms with Crippen LogP contribution in [0.25, 0.3) is 0 Å². The number of nitrogens with one attached hydrogen (secondary N) is 1. The molecule has 2 rings (SSSR count). The molecule has 2 aromatic carbocycles. The molecule has 37 heavy (non-hydrogen) atoms. The number of hydrogen-bond acceptors (Lipinski definition) is 4. The Balaban J connectivity index is 2.19. The Morgan fingerprint density at radius 3 is 2.30 bits per heavy atom. The molecule has 0 unspecified atom stereocenters. The molecule has 0 radical (unpaired) electrons. The fraction of sp³-hybridized carbons (Fsp3) is 0.481. The van der Waals surface area contributed by atoms with Crippen LogP contribution in [0.1, 0.15) is 56.2 Å². The highest BCUT2D eigenvalue weighted by Gasteiger charge is 2.26. The number of halogens is 2. The van der Waals surface area contributed by atoms with Crippen molar-refractivity contribution in [1.29, 1.82) is 0 Å². The van der Waals surface area contributed by atoms with E-state index in [0.29, 0.717) is 28.7 Å². The lowest BCUT2D eigenvalue weighted by molar-refractivity contribution is -0.140. The van der Waals surface area contributed by atoms with E-state index in [1.54, 1.807) is 31.2 Å². The van der Waals surface area contributed by atoms with Gasteiger partial charge in [-0.05, 0) is 74.6 Å². The van der Waals surface area contributed by atoms with E-state index in [9.17, 15) is 18.0 Å². The predicted molar refractivity (Wildman–Crippen MR) is 152 cm³/mol. The summed E-state index contributed by atoms with van der Waals surface area (Å²) in [5.74, 6) is -0.493. The predicted octanol–water partition coefficient (Wildman–Crippen LogP) is 5.49. The van der Waals surface area contributed by atoms with E-state index in [1.165, 1.54) is 9.21 Å². The van der Waals surface area contributed by atoms with E-state index < -0.39 is 16.1 Å². The Labute approximate surface area is 231 Å². The molecule has 0 aliphatic carbocycles. The Morgan fingerprint density at radius 1 is 1.00 bits per heavy atom. The summed E-state index contributed by atoms with van der Waals surface area (Å²) in [6.45, 7) is 8.47. The van der Waals surface area contributed by atoms with Gasteiger partial charge in [-0.15, -0.1) is 0 Å². The molecule has 7 nitrogen and oxygen atoms in total. The summed E-state index contributed by atoms with van der Waals surface area (Å²) in [5.41, 5.74) is 3.35. The van der Waals surface area contributed by atoms with Crippen LogP contribution in [0.15, 0.2) is 36.4 Å². The fourth-order valence-electron chi connectivity index (χ4n) is 3.84. The second-order valence-corrected chi connectivity index (χ2v) is 12.0. The molecule has 0 heterocycles. The minimum absolute atomic E-state index is 0.0742. The number of benzene rings is 2. The van der Waals surface area contributed by atoms with Gasteiger partial charge < -0.3 is 10.2 Å². The number of sulfonamides is 1. The van der Waals surface area contributed by atoms with Gasteiger partial charge in [-0.1, -0.05) is 48.7 Å². The lowest BCUT2D eigenvalue weighted by atomic mass is 10.1. The number of amides is 2. The van der Waals surface area contributed by atoms with Crippen molar-refractivity contribution >= 4 is 50.7 Å². The van der Waals surface area contributed by atoms with Gasteiger partial charge >= 0.3 is 0 Å². The van der Waals surface area contributed by atoms with Gasteiger partial charge in [0.1, 0.15) is 6.04 Å². The molecule has 0 bridgehead atoms. The molecule has 2 aromatic rings. The molecular formula is C27H37Cl2N3O4S. The van der Waals surface area contributed by atoms with Crippen molar-refractivity contribution in [2.45, 2.75) is 66.0 Å². The molecule has 0 fully saturated rings. The maximum atomic E-state index is 13.4. The second-order valence-electron chi connectivity index (χ2n) is 9.30. The first kappa shape index (κ1) is 30.9. The Bertz CT molecular complexity index is 1200. The lowest BCUT2D eigenvalue weighted by Crippen LogP contribution is -2.48. The highest BCUT2D eigenvalue weighted by atomic mass is 35.5. The highest BCUT2D eigenvalue weighted by Crippen LogP contribution is 2.25. The summed E-state index contributed by atoms with van der Waals surface area (Å²) in [5, 5.41) is 3.65. The Hall–Kier alpha value is -2.29. The smallest absolute Gasteiger partial charge is 0.242 e. The monoisotopic (exact) mass is 569 g/mol. The van der Waals surface area contributed by atoms with Crippen LogP contribution in [0.2, 0.25) is 10.0 Å². The van der Waals surface area contributed by atoms with E-state index in [4.69, 9.17) is 23.2 Å². The molecule has 0 aliphatic rings. The van der Waals surface area contributed by atoms with E-state index in [0.717, 1.165) is 35.8 Å². The van der Waals surface area contributed by atoms with Gasteiger partial charge in [-0.25, -0.2) is 8.42 Å². The maximum Gasteiger partial charge on any atom is 0.242 e. The largest absolute Gasteiger partial charge is 0.354 e. The quantitative estimate of drug-likeness (QED) is 0.323. The van der Waals surface area contributed by atoms with E-state index in [-0.39, 0.29) is 31.3 Å². The summed E-state index contributed by atoms with van der Waals surface area (Å²) in [6, 6.07) is 9.86. The number of carbonyl (C=O) groups excluding carboxylic acids is 2. The zero-order valence-electron chi connectivity index (χ0n) is 22.2. The third-order valence-electron chi connectivity index (χ3n) is 6.26. The molecule has 0 saturated heterocycles. The minimum Gasteiger partial charge on any atom is -0.354 e. The molecule has 2 amide bonds. The van der Waals surface area contributed by atoms with Gasteiger partial charge in [0.05, 0.1) is 22.0 Å². The summed E-state index contributed by atoms with van der Waals surface area (Å²) < 4.78 is 26.3. The zero-order valence-corrected chi connectivity index (χ0v) is 24.5. The van der Waals surface area contributed by atoms with Crippen LogP contribution in [0.4, 0.5) is 5.69 Å². The molecule has 1 atom stereocenters. The molecule has 0 aromatic heterocycles. The number of unbranched alkanes of at least 4 members (excludes halogenated alkanes) is 1. The number of aryl methyl sites for hydroxylation is 2. The van der Waals surface area contributed by atoms with Gasteiger partial charge in [0.2, 0.25) is 21.8 Å². The van der Waals surface area contributed by atoms with Crippen molar-refractivity contribution in [3.05, 3.63) is 63.1 Å². The van der Waals surface area contributed by atoms with E-state index >= 15 is 0 Å². The second kappa shape index (κ2) is 14.0. The number of nitrogens with zero attached hydrogens (tertiary/aromatic N) is 2. The van der Waals surface area contributed by atoms with E-state index in [1.807, 2.05) is 32.9 Å².